The van der Waals surface area contributed by atoms with Crippen LogP contribution in [0.2, 0.25) is 0 Å². The van der Waals surface area contributed by atoms with Crippen molar-refractivity contribution in [1.82, 2.24) is 9.66 Å². The maximum atomic E-state index is 4.73. The molecule has 0 saturated heterocycles. The van der Waals surface area contributed by atoms with Crippen LogP contribution in [0.25, 0.3) is 0 Å². The molecule has 0 fully saturated rings. The van der Waals surface area contributed by atoms with Crippen molar-refractivity contribution in [2.75, 3.05) is 0 Å². The van der Waals surface area contributed by atoms with E-state index in [1.54, 1.807) is 12.4 Å². The summed E-state index contributed by atoms with van der Waals surface area (Å²) in [6.45, 7) is 0. The third-order valence-electron chi connectivity index (χ3n) is 0.645. The third kappa shape index (κ3) is 0.810. The van der Waals surface area contributed by atoms with E-state index in [-0.39, 0.29) is 0 Å². The second-order valence-corrected chi connectivity index (χ2v) is 1.15. The summed E-state index contributed by atoms with van der Waals surface area (Å²) in [7, 11) is 0. The minimum Gasteiger partial charge on any atom is -0.303 e. The molecule has 0 aliphatic heterocycles. The van der Waals surface area contributed by atoms with Gasteiger partial charge in [-0.15, -0.1) is 0 Å². The smallest absolute Gasteiger partial charge is 0.118 e. The molecule has 2 N–H and O–H groups in total. The van der Waals surface area contributed by atoms with E-state index >= 15 is 0 Å². The lowest BCUT2D eigenvalue weighted by atomic mass is 11.0. The average molecular weight is 111 g/mol. The molecule has 0 spiro atoms. The average Bonchev–Trinajstić information content (AvgIpc) is 2.19. The molecule has 0 amide bonds. The van der Waals surface area contributed by atoms with Crippen LogP contribution in [0.1, 0.15) is 0 Å². The van der Waals surface area contributed by atoms with Gasteiger partial charge >= 0.3 is 0 Å². The first-order chi connectivity index (χ1) is 3.93. The van der Waals surface area contributed by atoms with Crippen molar-refractivity contribution in [2.45, 2.75) is 0 Å². The van der Waals surface area contributed by atoms with Crippen molar-refractivity contribution in [3.05, 3.63) is 18.7 Å². The molecule has 5 heteroatoms. The van der Waals surface area contributed by atoms with Crippen LogP contribution >= 0.6 is 0 Å². The zero-order valence-electron chi connectivity index (χ0n) is 4.10. The Labute approximate surface area is 45.8 Å². The van der Waals surface area contributed by atoms with Crippen LogP contribution in [0.5, 0.6) is 0 Å². The first-order valence-corrected chi connectivity index (χ1v) is 2.02. The lowest BCUT2D eigenvalue weighted by Gasteiger charge is -1.80. The van der Waals surface area contributed by atoms with Gasteiger partial charge in [-0.1, -0.05) is 5.22 Å². The van der Waals surface area contributed by atoms with Crippen LogP contribution in [0, 0.1) is 0 Å². The topological polar surface area (TPSA) is 68.6 Å². The highest BCUT2D eigenvalue weighted by Gasteiger charge is 1.77. The maximum Gasteiger partial charge on any atom is 0.118 e. The molecule has 1 heterocycles. The van der Waals surface area contributed by atoms with Crippen molar-refractivity contribution in [1.29, 1.82) is 0 Å². The second kappa shape index (κ2) is 2.06. The van der Waals surface area contributed by atoms with Crippen molar-refractivity contribution >= 4 is 0 Å². The molecule has 0 aliphatic carbocycles. The molecule has 1 aromatic rings. The predicted octanol–water partition coefficient (Wildman–Crippen LogP) is -0.0279. The minimum absolute atomic E-state index is 1.40. The van der Waals surface area contributed by atoms with Crippen LogP contribution in [-0.4, -0.2) is 9.66 Å². The summed E-state index contributed by atoms with van der Waals surface area (Å²) in [4.78, 5) is 3.69. The number of nitrogens with zero attached hydrogens (tertiary/aromatic N) is 4. The summed E-state index contributed by atoms with van der Waals surface area (Å²) in [5, 5.41) is 6.45. The number of nitrogens with two attached hydrogens (primary N) is 1. The van der Waals surface area contributed by atoms with E-state index in [9.17, 15) is 0 Å². The molecule has 42 valence electrons. The van der Waals surface area contributed by atoms with Gasteiger partial charge in [0, 0.05) is 6.20 Å². The first-order valence-electron chi connectivity index (χ1n) is 2.02. The summed E-state index contributed by atoms with van der Waals surface area (Å²) in [6, 6.07) is 0. The van der Waals surface area contributed by atoms with Gasteiger partial charge in [0.15, 0.2) is 0 Å². The Bertz CT molecular complexity index is 164. The van der Waals surface area contributed by atoms with Crippen LogP contribution in [0.4, 0.5) is 0 Å². The summed E-state index contributed by atoms with van der Waals surface area (Å²) < 4.78 is 1.40. The zero-order chi connectivity index (χ0) is 5.82. The van der Waals surface area contributed by atoms with Gasteiger partial charge in [0.05, 0.1) is 6.20 Å². The van der Waals surface area contributed by atoms with E-state index in [2.05, 4.69) is 15.4 Å². The van der Waals surface area contributed by atoms with Gasteiger partial charge in [-0.2, -0.15) is 0 Å². The van der Waals surface area contributed by atoms with Crippen LogP contribution in [-0.2, 0) is 0 Å². The van der Waals surface area contributed by atoms with Gasteiger partial charge in [-0.05, 0) is 5.22 Å². The zero-order valence-corrected chi connectivity index (χ0v) is 4.10. The van der Waals surface area contributed by atoms with Gasteiger partial charge in [-0.3, -0.25) is 0 Å². The molecular weight excluding hydrogens is 106 g/mol. The van der Waals surface area contributed by atoms with Crippen molar-refractivity contribution < 1.29 is 0 Å². The second-order valence-electron chi connectivity index (χ2n) is 1.15. The Balaban J connectivity index is 2.77. The highest BCUT2D eigenvalue weighted by molar-refractivity contribution is 4.71. The van der Waals surface area contributed by atoms with E-state index in [4.69, 9.17) is 5.84 Å². The Hall–Kier alpha value is -1.39. The van der Waals surface area contributed by atoms with E-state index < -0.39 is 0 Å². The standard InChI is InChI=1S/C3H5N5/c4-6-7-8-2-1-5-3-8/h1-3H,(H2,4,7). The van der Waals surface area contributed by atoms with E-state index in [0.717, 1.165) is 0 Å². The van der Waals surface area contributed by atoms with E-state index in [1.807, 2.05) is 0 Å². The fraction of sp³-hybridized carbons (Fsp3) is 0. The van der Waals surface area contributed by atoms with Gasteiger partial charge < -0.3 is 5.84 Å². The number of rotatable bonds is 1. The molecule has 8 heavy (non-hydrogen) atoms. The van der Waals surface area contributed by atoms with Crippen molar-refractivity contribution in [3.8, 4) is 0 Å². The Morgan fingerprint density at radius 2 is 2.50 bits per heavy atom. The summed E-state index contributed by atoms with van der Waals surface area (Å²) in [5.41, 5.74) is 0. The van der Waals surface area contributed by atoms with Crippen molar-refractivity contribution in [2.24, 2.45) is 16.3 Å². The van der Waals surface area contributed by atoms with E-state index in [0.29, 0.717) is 0 Å². The molecule has 1 aromatic heterocycles. The molecule has 0 atom stereocenters. The normalized spacial score (nSPS) is 10.5. The summed E-state index contributed by atoms with van der Waals surface area (Å²) in [5.74, 6) is 4.73. The highest BCUT2D eigenvalue weighted by Crippen LogP contribution is 1.81. The van der Waals surface area contributed by atoms with Crippen LogP contribution in [0.15, 0.2) is 29.2 Å². The van der Waals surface area contributed by atoms with E-state index in [1.165, 1.54) is 11.0 Å². The molecule has 0 aromatic carbocycles. The van der Waals surface area contributed by atoms with Crippen LogP contribution < -0.4 is 5.84 Å². The maximum absolute atomic E-state index is 4.73. The Kier molecular flexibility index (Phi) is 1.23. The molecular formula is C3H5N5. The van der Waals surface area contributed by atoms with Crippen molar-refractivity contribution in [3.63, 3.8) is 0 Å². The molecule has 0 saturated carbocycles. The van der Waals surface area contributed by atoms with Gasteiger partial charge in [0.25, 0.3) is 0 Å². The molecule has 0 aliphatic rings. The summed E-state index contributed by atoms with van der Waals surface area (Å²) >= 11 is 0. The third-order valence-corrected chi connectivity index (χ3v) is 0.645. The molecule has 0 bridgehead atoms. The molecule has 0 radical (unpaired) electrons. The largest absolute Gasteiger partial charge is 0.303 e. The van der Waals surface area contributed by atoms with Gasteiger partial charge in [-0.25, -0.2) is 9.66 Å². The Morgan fingerprint density at radius 3 is 3.00 bits per heavy atom. The first kappa shape index (κ1) is 4.76. The predicted molar refractivity (Wildman–Crippen MR) is 26.7 cm³/mol. The van der Waals surface area contributed by atoms with Crippen LogP contribution in [0.3, 0.4) is 0 Å². The Morgan fingerprint density at radius 1 is 1.62 bits per heavy atom. The SMILES string of the molecule is N/N=N\n1ccnc1. The van der Waals surface area contributed by atoms with Gasteiger partial charge in [0.1, 0.15) is 6.33 Å². The summed E-state index contributed by atoms with van der Waals surface area (Å²) in [6.07, 6.45) is 4.72. The number of imidazole rings is 1. The highest BCUT2D eigenvalue weighted by atomic mass is 15.5. The quantitative estimate of drug-likeness (QED) is 0.314. The number of hydrogen-bond donors (Lipinski definition) is 1. The monoisotopic (exact) mass is 111 g/mol. The minimum atomic E-state index is 1.40. The molecule has 1 rings (SSSR count). The fourth-order valence-electron chi connectivity index (χ4n) is 0.365. The molecule has 0 unspecified atom stereocenters. The lowest BCUT2D eigenvalue weighted by molar-refractivity contribution is 0.766. The fourth-order valence-corrected chi connectivity index (χ4v) is 0.365. The lowest BCUT2D eigenvalue weighted by Crippen LogP contribution is -1.83. The number of aromatic nitrogens is 2. The number of hydrogen-bond acceptors (Lipinski definition) is 3. The van der Waals surface area contributed by atoms with Gasteiger partial charge in [0.2, 0.25) is 0 Å². The molecule has 5 nitrogen and oxygen atoms in total.